The Kier molecular flexibility index (Phi) is 5.56. The highest BCUT2D eigenvalue weighted by molar-refractivity contribution is 6.03. The second kappa shape index (κ2) is 8.56. The molecular weight excluding hydrogens is 454 g/mol. The van der Waals surface area contributed by atoms with Crippen molar-refractivity contribution in [2.24, 2.45) is 0 Å². The number of nitrogens with one attached hydrogen (secondary N) is 2. The Hall–Kier alpha value is -3.73. The zero-order chi connectivity index (χ0) is 23.9. The average Bonchev–Trinajstić information content (AvgIpc) is 3.22. The molecule has 0 bridgehead atoms. The number of carbonyl (C=O) groups is 1. The second-order valence-electron chi connectivity index (χ2n) is 7.98. The Balaban J connectivity index is 1.33. The molecule has 3 aromatic rings. The zero-order valence-corrected chi connectivity index (χ0v) is 17.7. The molecule has 2 aromatic carbocycles. The number of rotatable bonds is 3. The number of nitrogens with zero attached hydrogens (tertiary/aromatic N) is 3. The van der Waals surface area contributed by atoms with Crippen molar-refractivity contribution in [1.82, 2.24) is 15.3 Å². The molecule has 2 aliphatic heterocycles. The summed E-state index contributed by atoms with van der Waals surface area (Å²) in [4.78, 5) is 22.7. The van der Waals surface area contributed by atoms with Crippen LogP contribution in [0.2, 0.25) is 0 Å². The Labute approximate surface area is 191 Å². The predicted molar refractivity (Wildman–Crippen MR) is 115 cm³/mol. The minimum Gasteiger partial charge on any atom is -0.439 e. The van der Waals surface area contributed by atoms with Crippen molar-refractivity contribution in [3.8, 4) is 11.6 Å². The van der Waals surface area contributed by atoms with Gasteiger partial charge in [0.1, 0.15) is 17.9 Å². The van der Waals surface area contributed by atoms with Crippen molar-refractivity contribution in [3.05, 3.63) is 70.9 Å². The molecule has 3 heterocycles. The molecule has 2 N–H and O–H groups in total. The van der Waals surface area contributed by atoms with E-state index in [0.717, 1.165) is 35.9 Å². The normalized spacial score (nSPS) is 15.0. The molecule has 5 rings (SSSR count). The lowest BCUT2D eigenvalue weighted by molar-refractivity contribution is -0.137. The van der Waals surface area contributed by atoms with Gasteiger partial charge in [0, 0.05) is 30.0 Å². The highest BCUT2D eigenvalue weighted by Crippen LogP contribution is 2.35. The van der Waals surface area contributed by atoms with E-state index >= 15 is 0 Å². The van der Waals surface area contributed by atoms with Gasteiger partial charge in [0.25, 0.3) is 0 Å². The summed E-state index contributed by atoms with van der Waals surface area (Å²) in [7, 11) is 0. The van der Waals surface area contributed by atoms with Gasteiger partial charge < -0.3 is 15.4 Å². The first-order valence-electron chi connectivity index (χ1n) is 10.6. The van der Waals surface area contributed by atoms with Gasteiger partial charge >= 0.3 is 12.2 Å². The van der Waals surface area contributed by atoms with Crippen molar-refractivity contribution in [1.29, 1.82) is 0 Å². The Morgan fingerprint density at radius 1 is 1.12 bits per heavy atom. The zero-order valence-electron chi connectivity index (χ0n) is 17.7. The minimum absolute atomic E-state index is 0.270. The van der Waals surface area contributed by atoms with Gasteiger partial charge in [-0.3, -0.25) is 4.90 Å². The standard InChI is InChI=1S/C23H19F4N5O2/c24-15-8-14(23(25,26)27)9-16(10-15)31-22(33)32-6-4-13-7-17(1-2-20(13)32)34-21-18-3-5-28-11-19(18)29-12-30-21/h1-2,7-10,12,28H,3-6,11H2,(H,31,33). The number of ether oxygens (including phenoxy) is 1. The lowest BCUT2D eigenvalue weighted by atomic mass is 10.1. The predicted octanol–water partition coefficient (Wildman–Crippen LogP) is 4.67. The molecule has 0 saturated heterocycles. The van der Waals surface area contributed by atoms with Gasteiger partial charge in [0.05, 0.1) is 11.3 Å². The third-order valence-electron chi connectivity index (χ3n) is 5.72. The van der Waals surface area contributed by atoms with E-state index in [-0.39, 0.29) is 5.69 Å². The quantitative estimate of drug-likeness (QED) is 0.541. The Morgan fingerprint density at radius 3 is 2.79 bits per heavy atom. The topological polar surface area (TPSA) is 79.4 Å². The first kappa shape index (κ1) is 22.1. The van der Waals surface area contributed by atoms with Crippen LogP contribution in [0.1, 0.15) is 22.4 Å². The van der Waals surface area contributed by atoms with Crippen LogP contribution in [0, 0.1) is 5.82 Å². The van der Waals surface area contributed by atoms with Gasteiger partial charge in [0.15, 0.2) is 0 Å². The van der Waals surface area contributed by atoms with E-state index in [1.807, 2.05) is 6.07 Å². The summed E-state index contributed by atoms with van der Waals surface area (Å²) < 4.78 is 58.5. The number of anilines is 2. The summed E-state index contributed by atoms with van der Waals surface area (Å²) in [6, 6.07) is 6.49. The first-order chi connectivity index (χ1) is 16.3. The molecular formula is C23H19F4N5O2. The van der Waals surface area contributed by atoms with Gasteiger partial charge in [-0.15, -0.1) is 0 Å². The molecule has 0 aliphatic carbocycles. The first-order valence-corrected chi connectivity index (χ1v) is 10.6. The minimum atomic E-state index is -4.72. The highest BCUT2D eigenvalue weighted by Gasteiger charge is 2.32. The molecule has 0 fully saturated rings. The van der Waals surface area contributed by atoms with Gasteiger partial charge in [-0.25, -0.2) is 19.2 Å². The summed E-state index contributed by atoms with van der Waals surface area (Å²) in [5.41, 5.74) is 1.85. The fourth-order valence-corrected chi connectivity index (χ4v) is 4.12. The molecule has 0 saturated carbocycles. The largest absolute Gasteiger partial charge is 0.439 e. The second-order valence-corrected chi connectivity index (χ2v) is 7.98. The SMILES string of the molecule is O=C(Nc1cc(F)cc(C(F)(F)F)c1)N1CCc2cc(Oc3ncnc4c3CCNC4)ccc21. The van der Waals surface area contributed by atoms with Crippen LogP contribution in [0.5, 0.6) is 11.6 Å². The van der Waals surface area contributed by atoms with E-state index in [0.29, 0.717) is 49.0 Å². The molecule has 2 aliphatic rings. The molecule has 176 valence electrons. The highest BCUT2D eigenvalue weighted by atomic mass is 19.4. The molecule has 2 amide bonds. The summed E-state index contributed by atoms with van der Waals surface area (Å²) in [6.07, 6.45) is -1.99. The number of fused-ring (bicyclic) bond motifs is 2. The van der Waals surface area contributed by atoms with Crippen molar-refractivity contribution in [2.75, 3.05) is 23.3 Å². The maximum absolute atomic E-state index is 13.7. The number of urea groups is 1. The van der Waals surface area contributed by atoms with Crippen LogP contribution >= 0.6 is 0 Å². The summed E-state index contributed by atoms with van der Waals surface area (Å²) >= 11 is 0. The number of halogens is 4. The summed E-state index contributed by atoms with van der Waals surface area (Å²) in [5.74, 6) is -0.0394. The van der Waals surface area contributed by atoms with Crippen LogP contribution in [-0.2, 0) is 25.6 Å². The van der Waals surface area contributed by atoms with E-state index in [9.17, 15) is 22.4 Å². The van der Waals surface area contributed by atoms with Crippen LogP contribution < -0.4 is 20.3 Å². The number of hydrogen-bond acceptors (Lipinski definition) is 5. The summed E-state index contributed by atoms with van der Waals surface area (Å²) in [6.45, 7) is 1.78. The number of alkyl halides is 3. The van der Waals surface area contributed by atoms with Crippen LogP contribution in [-0.4, -0.2) is 29.1 Å². The van der Waals surface area contributed by atoms with Crippen LogP contribution in [0.4, 0.5) is 33.7 Å². The van der Waals surface area contributed by atoms with Gasteiger partial charge in [-0.2, -0.15) is 13.2 Å². The number of benzene rings is 2. The smallest absolute Gasteiger partial charge is 0.416 e. The lowest BCUT2D eigenvalue weighted by Gasteiger charge is -2.20. The fourth-order valence-electron chi connectivity index (χ4n) is 4.12. The van der Waals surface area contributed by atoms with Crippen molar-refractivity contribution < 1.29 is 27.1 Å². The van der Waals surface area contributed by atoms with E-state index < -0.39 is 23.6 Å². The van der Waals surface area contributed by atoms with Crippen molar-refractivity contribution >= 4 is 17.4 Å². The van der Waals surface area contributed by atoms with E-state index in [4.69, 9.17) is 4.74 Å². The molecule has 1 aromatic heterocycles. The third-order valence-corrected chi connectivity index (χ3v) is 5.72. The molecule has 7 nitrogen and oxygen atoms in total. The number of carbonyl (C=O) groups excluding carboxylic acids is 1. The van der Waals surface area contributed by atoms with E-state index in [2.05, 4.69) is 20.6 Å². The maximum Gasteiger partial charge on any atom is 0.416 e. The molecule has 11 heteroatoms. The van der Waals surface area contributed by atoms with E-state index in [1.54, 1.807) is 12.1 Å². The monoisotopic (exact) mass is 473 g/mol. The molecule has 0 unspecified atom stereocenters. The number of hydrogen-bond donors (Lipinski definition) is 2. The third kappa shape index (κ3) is 4.38. The van der Waals surface area contributed by atoms with Gasteiger partial charge in [-0.1, -0.05) is 0 Å². The van der Waals surface area contributed by atoms with Crippen LogP contribution in [0.3, 0.4) is 0 Å². The van der Waals surface area contributed by atoms with Gasteiger partial charge in [0.2, 0.25) is 5.88 Å². The Morgan fingerprint density at radius 2 is 1.97 bits per heavy atom. The van der Waals surface area contributed by atoms with Gasteiger partial charge in [-0.05, 0) is 61.3 Å². The molecule has 34 heavy (non-hydrogen) atoms. The van der Waals surface area contributed by atoms with Crippen LogP contribution in [0.25, 0.3) is 0 Å². The van der Waals surface area contributed by atoms with Crippen molar-refractivity contribution in [2.45, 2.75) is 25.6 Å². The van der Waals surface area contributed by atoms with Crippen molar-refractivity contribution in [3.63, 3.8) is 0 Å². The Bertz CT molecular complexity index is 1260. The van der Waals surface area contributed by atoms with E-state index in [1.165, 1.54) is 11.2 Å². The molecule has 0 radical (unpaired) electrons. The fraction of sp³-hybridized carbons (Fsp3) is 0.261. The number of amides is 2. The summed E-state index contributed by atoms with van der Waals surface area (Å²) in [5, 5.41) is 5.61. The molecule has 0 atom stereocenters. The average molecular weight is 473 g/mol. The maximum atomic E-state index is 13.7. The molecule has 0 spiro atoms. The number of aromatic nitrogens is 2. The lowest BCUT2D eigenvalue weighted by Crippen LogP contribution is -2.33. The van der Waals surface area contributed by atoms with Crippen LogP contribution in [0.15, 0.2) is 42.7 Å².